The number of benzene rings is 1. The Kier molecular flexibility index (Phi) is 5.10. The highest BCUT2D eigenvalue weighted by Gasteiger charge is 2.30. The van der Waals surface area contributed by atoms with E-state index in [9.17, 15) is 23.1 Å². The van der Waals surface area contributed by atoms with Crippen molar-refractivity contribution in [1.29, 1.82) is 0 Å². The number of halogens is 3. The molecule has 1 amide bonds. The number of amides is 1. The van der Waals surface area contributed by atoms with Gasteiger partial charge in [-0.15, -0.1) is 0 Å². The first-order valence-electron chi connectivity index (χ1n) is 7.03. The lowest BCUT2D eigenvalue weighted by molar-refractivity contribution is -0.137. The zero-order valence-electron chi connectivity index (χ0n) is 12.4. The standard InChI is InChI=1S/C16H16F3NO3/c1-2-12-6-7-14(23-12)15(22)20-9-13(21)10-4-3-5-11(8-10)16(17,18)19/h3-8,13,21H,2,9H2,1H3,(H,20,22)/t13-/m0/s1. The quantitative estimate of drug-likeness (QED) is 0.885. The lowest BCUT2D eigenvalue weighted by Crippen LogP contribution is -2.28. The van der Waals surface area contributed by atoms with E-state index >= 15 is 0 Å². The summed E-state index contributed by atoms with van der Waals surface area (Å²) < 4.78 is 43.2. The van der Waals surface area contributed by atoms with Gasteiger partial charge in [0.1, 0.15) is 5.76 Å². The fourth-order valence-electron chi connectivity index (χ4n) is 2.01. The van der Waals surface area contributed by atoms with Gasteiger partial charge in [-0.05, 0) is 29.8 Å². The summed E-state index contributed by atoms with van der Waals surface area (Å²) in [6.45, 7) is 1.65. The third-order valence-electron chi connectivity index (χ3n) is 3.29. The van der Waals surface area contributed by atoms with Gasteiger partial charge in [-0.1, -0.05) is 19.1 Å². The summed E-state index contributed by atoms with van der Waals surface area (Å²) in [4.78, 5) is 11.8. The summed E-state index contributed by atoms with van der Waals surface area (Å²) in [5.74, 6) is 0.211. The van der Waals surface area contributed by atoms with E-state index < -0.39 is 23.8 Å². The van der Waals surface area contributed by atoms with Crippen LogP contribution in [-0.4, -0.2) is 17.6 Å². The SMILES string of the molecule is CCc1ccc(C(=O)NC[C@H](O)c2cccc(C(F)(F)F)c2)o1. The molecule has 1 aromatic heterocycles. The molecular weight excluding hydrogens is 311 g/mol. The minimum atomic E-state index is -4.48. The molecule has 2 N–H and O–H groups in total. The highest BCUT2D eigenvalue weighted by atomic mass is 19.4. The second kappa shape index (κ2) is 6.87. The van der Waals surface area contributed by atoms with E-state index in [-0.39, 0.29) is 17.9 Å². The molecule has 0 bridgehead atoms. The molecular formula is C16H16F3NO3. The molecule has 2 rings (SSSR count). The molecule has 23 heavy (non-hydrogen) atoms. The number of aryl methyl sites for hydroxylation is 1. The number of hydrogen-bond donors (Lipinski definition) is 2. The van der Waals surface area contributed by atoms with Crippen LogP contribution in [0.5, 0.6) is 0 Å². The summed E-state index contributed by atoms with van der Waals surface area (Å²) >= 11 is 0. The molecule has 0 saturated heterocycles. The highest BCUT2D eigenvalue weighted by molar-refractivity contribution is 5.91. The van der Waals surface area contributed by atoms with Crippen LogP contribution in [0.3, 0.4) is 0 Å². The number of hydrogen-bond acceptors (Lipinski definition) is 3. The van der Waals surface area contributed by atoms with Crippen molar-refractivity contribution >= 4 is 5.91 Å². The molecule has 124 valence electrons. The van der Waals surface area contributed by atoms with E-state index in [0.29, 0.717) is 12.2 Å². The van der Waals surface area contributed by atoms with Crippen molar-refractivity contribution in [2.24, 2.45) is 0 Å². The Balaban J connectivity index is 1.99. The number of furan rings is 1. The van der Waals surface area contributed by atoms with E-state index in [1.54, 1.807) is 6.07 Å². The molecule has 0 unspecified atom stereocenters. The second-order valence-electron chi connectivity index (χ2n) is 4.97. The highest BCUT2D eigenvalue weighted by Crippen LogP contribution is 2.30. The molecule has 1 heterocycles. The van der Waals surface area contributed by atoms with Crippen molar-refractivity contribution in [3.05, 3.63) is 59.0 Å². The Labute approximate surface area is 130 Å². The van der Waals surface area contributed by atoms with Gasteiger partial charge in [0.2, 0.25) is 0 Å². The van der Waals surface area contributed by atoms with Gasteiger partial charge in [-0.2, -0.15) is 13.2 Å². The lowest BCUT2D eigenvalue weighted by atomic mass is 10.1. The average Bonchev–Trinajstić information content (AvgIpc) is 3.00. The average molecular weight is 327 g/mol. The topological polar surface area (TPSA) is 62.5 Å². The fraction of sp³-hybridized carbons (Fsp3) is 0.312. The Hall–Kier alpha value is -2.28. The molecule has 4 nitrogen and oxygen atoms in total. The van der Waals surface area contributed by atoms with Gasteiger partial charge in [0.05, 0.1) is 11.7 Å². The van der Waals surface area contributed by atoms with Crippen LogP contribution >= 0.6 is 0 Å². The van der Waals surface area contributed by atoms with Crippen LogP contribution in [0.15, 0.2) is 40.8 Å². The maximum absolute atomic E-state index is 12.6. The Morgan fingerprint density at radius 1 is 1.30 bits per heavy atom. The van der Waals surface area contributed by atoms with E-state index in [4.69, 9.17) is 4.42 Å². The number of rotatable bonds is 5. The summed E-state index contributed by atoms with van der Waals surface area (Å²) in [5.41, 5.74) is -0.771. The molecule has 0 fully saturated rings. The largest absolute Gasteiger partial charge is 0.456 e. The maximum Gasteiger partial charge on any atom is 0.416 e. The number of carbonyl (C=O) groups excluding carboxylic acids is 1. The molecule has 0 aliphatic heterocycles. The van der Waals surface area contributed by atoms with Crippen LogP contribution in [0.2, 0.25) is 0 Å². The zero-order valence-corrected chi connectivity index (χ0v) is 12.4. The number of aliphatic hydroxyl groups is 1. The molecule has 0 saturated carbocycles. The first-order valence-corrected chi connectivity index (χ1v) is 7.03. The molecule has 1 atom stereocenters. The summed E-state index contributed by atoms with van der Waals surface area (Å²) in [6, 6.07) is 7.53. The van der Waals surface area contributed by atoms with Gasteiger partial charge >= 0.3 is 6.18 Å². The van der Waals surface area contributed by atoms with Crippen molar-refractivity contribution in [1.82, 2.24) is 5.32 Å². The Bertz CT molecular complexity index is 679. The maximum atomic E-state index is 12.6. The number of carbonyl (C=O) groups is 1. The minimum absolute atomic E-state index is 0.0776. The van der Waals surface area contributed by atoms with Crippen molar-refractivity contribution < 1.29 is 27.5 Å². The predicted molar refractivity (Wildman–Crippen MR) is 76.8 cm³/mol. The van der Waals surface area contributed by atoms with E-state index in [1.807, 2.05) is 6.92 Å². The van der Waals surface area contributed by atoms with Crippen molar-refractivity contribution in [3.63, 3.8) is 0 Å². The first kappa shape index (κ1) is 17.1. The van der Waals surface area contributed by atoms with Crippen LogP contribution < -0.4 is 5.32 Å². The lowest BCUT2D eigenvalue weighted by Gasteiger charge is -2.14. The molecule has 0 radical (unpaired) electrons. The van der Waals surface area contributed by atoms with E-state index in [2.05, 4.69) is 5.32 Å². The molecule has 0 spiro atoms. The summed E-state index contributed by atoms with van der Waals surface area (Å²) in [7, 11) is 0. The van der Waals surface area contributed by atoms with Crippen molar-refractivity contribution in [3.8, 4) is 0 Å². The Morgan fingerprint density at radius 3 is 2.65 bits per heavy atom. The normalized spacial score (nSPS) is 12.9. The van der Waals surface area contributed by atoms with Gasteiger partial charge in [0.25, 0.3) is 5.91 Å². The van der Waals surface area contributed by atoms with Gasteiger partial charge < -0.3 is 14.8 Å². The van der Waals surface area contributed by atoms with Crippen LogP contribution in [-0.2, 0) is 12.6 Å². The fourth-order valence-corrected chi connectivity index (χ4v) is 2.01. The molecule has 0 aliphatic carbocycles. The van der Waals surface area contributed by atoms with Gasteiger partial charge in [0, 0.05) is 13.0 Å². The number of alkyl halides is 3. The predicted octanol–water partition coefficient (Wildman–Crippen LogP) is 3.32. The molecule has 7 heteroatoms. The molecule has 2 aromatic rings. The van der Waals surface area contributed by atoms with Crippen LogP contribution in [0.25, 0.3) is 0 Å². The third kappa shape index (κ3) is 4.35. The Morgan fingerprint density at radius 2 is 2.04 bits per heavy atom. The van der Waals surface area contributed by atoms with E-state index in [0.717, 1.165) is 12.1 Å². The third-order valence-corrected chi connectivity index (χ3v) is 3.29. The molecule has 0 aliphatic rings. The smallest absolute Gasteiger partial charge is 0.416 e. The number of nitrogens with one attached hydrogen (secondary N) is 1. The summed E-state index contributed by atoms with van der Waals surface area (Å²) in [5, 5.41) is 12.4. The van der Waals surface area contributed by atoms with Crippen LogP contribution in [0.4, 0.5) is 13.2 Å². The number of aliphatic hydroxyl groups excluding tert-OH is 1. The first-order chi connectivity index (χ1) is 10.8. The van der Waals surface area contributed by atoms with Crippen molar-refractivity contribution in [2.75, 3.05) is 6.54 Å². The summed E-state index contributed by atoms with van der Waals surface area (Å²) in [6.07, 6.45) is -5.09. The molecule has 1 aromatic carbocycles. The monoisotopic (exact) mass is 327 g/mol. The van der Waals surface area contributed by atoms with Gasteiger partial charge in [-0.25, -0.2) is 0 Å². The van der Waals surface area contributed by atoms with Crippen LogP contribution in [0, 0.1) is 0 Å². The van der Waals surface area contributed by atoms with E-state index in [1.165, 1.54) is 18.2 Å². The van der Waals surface area contributed by atoms with Gasteiger partial charge in [-0.3, -0.25) is 4.79 Å². The zero-order chi connectivity index (χ0) is 17.0. The minimum Gasteiger partial charge on any atom is -0.456 e. The second-order valence-corrected chi connectivity index (χ2v) is 4.97. The van der Waals surface area contributed by atoms with Crippen LogP contribution in [0.1, 0.15) is 40.5 Å². The van der Waals surface area contributed by atoms with Gasteiger partial charge in [0.15, 0.2) is 5.76 Å². The van der Waals surface area contributed by atoms with Crippen molar-refractivity contribution in [2.45, 2.75) is 25.6 Å².